The summed E-state index contributed by atoms with van der Waals surface area (Å²) in [5.41, 5.74) is 6.04. The molecular weight excluding hydrogens is 456 g/mol. The van der Waals surface area contributed by atoms with Crippen LogP contribution in [0.5, 0.6) is 5.75 Å². The molecule has 1 N–H and O–H groups in total. The minimum absolute atomic E-state index is 0.101. The third-order valence-electron chi connectivity index (χ3n) is 6.79. The van der Waals surface area contributed by atoms with Crippen molar-refractivity contribution < 1.29 is 14.6 Å². The Balaban J connectivity index is 1.20. The average molecular weight is 483 g/mol. The lowest BCUT2D eigenvalue weighted by molar-refractivity contribution is -0.137. The van der Waals surface area contributed by atoms with Crippen molar-refractivity contribution in [1.29, 1.82) is 0 Å². The minimum Gasteiger partial charge on any atom is -0.493 e. The van der Waals surface area contributed by atoms with Crippen molar-refractivity contribution in [3.05, 3.63) is 83.7 Å². The molecule has 0 spiro atoms. The van der Waals surface area contributed by atoms with Crippen LogP contribution in [-0.4, -0.2) is 47.0 Å². The van der Waals surface area contributed by atoms with E-state index in [1.165, 1.54) is 24.1 Å². The number of carbonyl (C=O) groups is 1. The number of pyridine rings is 2. The van der Waals surface area contributed by atoms with Gasteiger partial charge in [0.05, 0.1) is 30.8 Å². The molecule has 0 radical (unpaired) electrons. The van der Waals surface area contributed by atoms with E-state index in [9.17, 15) is 9.90 Å². The Kier molecular flexibility index (Phi) is 5.80. The summed E-state index contributed by atoms with van der Waals surface area (Å²) in [7, 11) is 0. The Bertz CT molecular complexity index is 1560. The number of carboxylic acid groups (broad SMARTS) is 1. The number of aromatic nitrogens is 6. The lowest BCUT2D eigenvalue weighted by atomic mass is 9.96. The van der Waals surface area contributed by atoms with E-state index in [1.54, 1.807) is 21.6 Å². The second-order valence-electron chi connectivity index (χ2n) is 9.20. The first-order chi connectivity index (χ1) is 17.6. The number of hydrogen-bond donors (Lipinski definition) is 1. The van der Waals surface area contributed by atoms with Gasteiger partial charge in [0.15, 0.2) is 5.65 Å². The van der Waals surface area contributed by atoms with Crippen LogP contribution in [0.15, 0.2) is 61.2 Å². The Morgan fingerprint density at radius 3 is 2.94 bits per heavy atom. The van der Waals surface area contributed by atoms with Crippen LogP contribution in [0, 0.1) is 0 Å². The maximum Gasteiger partial charge on any atom is 0.305 e. The van der Waals surface area contributed by atoms with Crippen LogP contribution in [-0.2, 0) is 24.1 Å². The number of hydrogen-bond acceptors (Lipinski definition) is 6. The zero-order valence-electron chi connectivity index (χ0n) is 19.7. The van der Waals surface area contributed by atoms with Crippen molar-refractivity contribution in [3.8, 4) is 5.75 Å². The van der Waals surface area contributed by atoms with Crippen LogP contribution < -0.4 is 4.74 Å². The molecule has 0 fully saturated rings. The molecule has 36 heavy (non-hydrogen) atoms. The van der Waals surface area contributed by atoms with Crippen molar-refractivity contribution in [2.45, 2.75) is 44.6 Å². The number of carboxylic acids is 1. The van der Waals surface area contributed by atoms with Gasteiger partial charge in [-0.2, -0.15) is 5.10 Å². The topological polar surface area (TPSA) is 107 Å². The van der Waals surface area contributed by atoms with E-state index in [4.69, 9.17) is 9.72 Å². The Morgan fingerprint density at radius 1 is 1.11 bits per heavy atom. The maximum atomic E-state index is 11.7. The summed E-state index contributed by atoms with van der Waals surface area (Å²) < 4.78 is 9.57. The van der Waals surface area contributed by atoms with E-state index in [0.29, 0.717) is 12.3 Å². The predicted molar refractivity (Wildman–Crippen MR) is 133 cm³/mol. The van der Waals surface area contributed by atoms with Crippen LogP contribution in [0.25, 0.3) is 16.6 Å². The fraction of sp³-hybridized carbons (Fsp3) is 0.296. The van der Waals surface area contributed by atoms with Crippen molar-refractivity contribution in [2.75, 3.05) is 6.61 Å². The molecule has 1 aliphatic rings. The predicted octanol–water partition coefficient (Wildman–Crippen LogP) is 4.04. The van der Waals surface area contributed by atoms with Gasteiger partial charge in [-0.05, 0) is 67.1 Å². The standard InChI is InChI=1S/C27H26N6O3/c34-27(35)14-25(19-6-10-26-31-28-17-32(26)16-19)33-24-9-8-22(13-20(24)15-29-33)36-12-11-21-7-5-18-3-1-2-4-23(18)30-21/h5-10,13,15-17,25H,1-4,11-12,14H2,(H,34,35). The lowest BCUT2D eigenvalue weighted by Gasteiger charge is -2.18. The normalized spacial score (nSPS) is 14.1. The minimum atomic E-state index is -0.900. The molecule has 0 amide bonds. The summed E-state index contributed by atoms with van der Waals surface area (Å²) in [4.78, 5) is 16.5. The zero-order chi connectivity index (χ0) is 24.5. The maximum absolute atomic E-state index is 11.7. The molecule has 4 heterocycles. The van der Waals surface area contributed by atoms with Crippen molar-refractivity contribution in [2.24, 2.45) is 0 Å². The summed E-state index contributed by atoms with van der Waals surface area (Å²) >= 11 is 0. The summed E-state index contributed by atoms with van der Waals surface area (Å²) in [6.45, 7) is 0.534. The number of ether oxygens (including phenoxy) is 1. The van der Waals surface area contributed by atoms with E-state index in [0.717, 1.165) is 47.2 Å². The molecule has 0 bridgehead atoms. The molecule has 9 nitrogen and oxygen atoms in total. The molecule has 1 aromatic carbocycles. The van der Waals surface area contributed by atoms with Gasteiger partial charge in [0.25, 0.3) is 0 Å². The van der Waals surface area contributed by atoms with Gasteiger partial charge in [0.1, 0.15) is 12.1 Å². The fourth-order valence-electron chi connectivity index (χ4n) is 4.96. The van der Waals surface area contributed by atoms with Crippen molar-refractivity contribution in [3.63, 3.8) is 0 Å². The smallest absolute Gasteiger partial charge is 0.305 e. The number of nitrogens with zero attached hydrogens (tertiary/aromatic N) is 6. The molecule has 0 aliphatic heterocycles. The number of benzene rings is 1. The fourth-order valence-corrected chi connectivity index (χ4v) is 4.96. The molecule has 6 rings (SSSR count). The number of aryl methyl sites for hydroxylation is 2. The summed E-state index contributed by atoms with van der Waals surface area (Å²) in [5.74, 6) is -0.149. The third-order valence-corrected chi connectivity index (χ3v) is 6.79. The van der Waals surface area contributed by atoms with Gasteiger partial charge in [-0.25, -0.2) is 0 Å². The van der Waals surface area contributed by atoms with Gasteiger partial charge in [-0.15, -0.1) is 10.2 Å². The molecule has 9 heteroatoms. The number of rotatable bonds is 8. The largest absolute Gasteiger partial charge is 0.493 e. The van der Waals surface area contributed by atoms with E-state index in [-0.39, 0.29) is 6.42 Å². The molecule has 1 unspecified atom stereocenters. The second kappa shape index (κ2) is 9.41. The highest BCUT2D eigenvalue weighted by molar-refractivity contribution is 5.81. The molecule has 1 atom stereocenters. The summed E-state index contributed by atoms with van der Waals surface area (Å²) in [6.07, 6.45) is 10.5. The number of fused-ring (bicyclic) bond motifs is 3. The molecule has 0 saturated heterocycles. The van der Waals surface area contributed by atoms with Crippen LogP contribution in [0.4, 0.5) is 0 Å². The first-order valence-electron chi connectivity index (χ1n) is 12.2. The number of aliphatic carboxylic acids is 1. The first-order valence-corrected chi connectivity index (χ1v) is 12.2. The van der Waals surface area contributed by atoms with E-state index in [2.05, 4.69) is 27.4 Å². The third kappa shape index (κ3) is 4.39. The van der Waals surface area contributed by atoms with Crippen molar-refractivity contribution in [1.82, 2.24) is 29.4 Å². The SMILES string of the molecule is O=C(O)CC(c1ccc2nncn2c1)n1ncc2cc(OCCc3ccc4c(n3)CCCC4)ccc21. The Morgan fingerprint density at radius 2 is 2.03 bits per heavy atom. The van der Waals surface area contributed by atoms with Crippen LogP contribution in [0.2, 0.25) is 0 Å². The van der Waals surface area contributed by atoms with Crippen LogP contribution in [0.3, 0.4) is 0 Å². The van der Waals surface area contributed by atoms with Crippen LogP contribution in [0.1, 0.15) is 47.8 Å². The Hall–Kier alpha value is -4.27. The van der Waals surface area contributed by atoms with Gasteiger partial charge in [-0.3, -0.25) is 18.9 Å². The average Bonchev–Trinajstić information content (AvgIpc) is 3.53. The highest BCUT2D eigenvalue weighted by Crippen LogP contribution is 2.29. The van der Waals surface area contributed by atoms with Crippen molar-refractivity contribution >= 4 is 22.5 Å². The lowest BCUT2D eigenvalue weighted by Crippen LogP contribution is -2.16. The summed E-state index contributed by atoms with van der Waals surface area (Å²) in [5, 5.41) is 23.0. The molecule has 1 aliphatic carbocycles. The zero-order valence-corrected chi connectivity index (χ0v) is 19.7. The van der Waals surface area contributed by atoms with E-state index in [1.807, 2.05) is 36.5 Å². The first kappa shape index (κ1) is 22.2. The summed E-state index contributed by atoms with van der Waals surface area (Å²) in [6, 6.07) is 13.3. The van der Waals surface area contributed by atoms with Gasteiger partial charge >= 0.3 is 5.97 Å². The van der Waals surface area contributed by atoms with Gasteiger partial charge in [0, 0.05) is 29.4 Å². The van der Waals surface area contributed by atoms with Gasteiger partial charge in [-0.1, -0.05) is 12.1 Å². The highest BCUT2D eigenvalue weighted by atomic mass is 16.5. The van der Waals surface area contributed by atoms with Gasteiger partial charge in [0.2, 0.25) is 0 Å². The van der Waals surface area contributed by atoms with Gasteiger partial charge < -0.3 is 9.84 Å². The molecule has 182 valence electrons. The molecule has 5 aromatic rings. The Labute approximate surface area is 207 Å². The van der Waals surface area contributed by atoms with Crippen LogP contribution >= 0.6 is 0 Å². The van der Waals surface area contributed by atoms with E-state index >= 15 is 0 Å². The van der Waals surface area contributed by atoms with E-state index < -0.39 is 12.0 Å². The molecule has 4 aromatic heterocycles. The monoisotopic (exact) mass is 482 g/mol. The highest BCUT2D eigenvalue weighted by Gasteiger charge is 2.21. The molecule has 0 saturated carbocycles. The quantitative estimate of drug-likeness (QED) is 0.356. The second-order valence-corrected chi connectivity index (χ2v) is 9.20. The molecular formula is C27H26N6O3.